The number of rotatable bonds is 7. The minimum Gasteiger partial charge on any atom is -0.342 e. The molecule has 6 heteroatoms. The van der Waals surface area contributed by atoms with Crippen LogP contribution in [0.1, 0.15) is 42.1 Å². The highest BCUT2D eigenvalue weighted by molar-refractivity contribution is 6.05. The van der Waals surface area contributed by atoms with Gasteiger partial charge in [0.05, 0.1) is 5.92 Å². The van der Waals surface area contributed by atoms with E-state index in [2.05, 4.69) is 17.6 Å². The Morgan fingerprint density at radius 1 is 1.07 bits per heavy atom. The summed E-state index contributed by atoms with van der Waals surface area (Å²) in [6.07, 6.45) is 2.23. The minimum absolute atomic E-state index is 0.0434. The zero-order chi connectivity index (χ0) is 20.8. The van der Waals surface area contributed by atoms with Crippen molar-refractivity contribution in [2.45, 2.75) is 33.1 Å². The summed E-state index contributed by atoms with van der Waals surface area (Å²) in [5, 5.41) is 5.75. The van der Waals surface area contributed by atoms with Gasteiger partial charge < -0.3 is 15.5 Å². The Morgan fingerprint density at radius 3 is 2.48 bits per heavy atom. The van der Waals surface area contributed by atoms with Crippen molar-refractivity contribution in [1.82, 2.24) is 4.90 Å². The summed E-state index contributed by atoms with van der Waals surface area (Å²) in [5.74, 6) is -0.648. The van der Waals surface area contributed by atoms with Crippen LogP contribution in [0.3, 0.4) is 0 Å². The molecule has 3 amide bonds. The highest BCUT2D eigenvalue weighted by Crippen LogP contribution is 2.21. The Hall–Kier alpha value is -3.15. The van der Waals surface area contributed by atoms with E-state index >= 15 is 0 Å². The first-order chi connectivity index (χ1) is 14.0. The van der Waals surface area contributed by atoms with E-state index in [9.17, 15) is 14.4 Å². The lowest BCUT2D eigenvalue weighted by Gasteiger charge is -2.16. The molecule has 1 aliphatic heterocycles. The molecule has 2 N–H and O–H groups in total. The third-order valence-electron chi connectivity index (χ3n) is 5.17. The van der Waals surface area contributed by atoms with Gasteiger partial charge in [0.25, 0.3) is 5.91 Å². The van der Waals surface area contributed by atoms with Crippen molar-refractivity contribution < 1.29 is 14.4 Å². The van der Waals surface area contributed by atoms with Gasteiger partial charge in [-0.3, -0.25) is 14.4 Å². The average Bonchev–Trinajstić information content (AvgIpc) is 3.09. The first-order valence-electron chi connectivity index (χ1n) is 10.0. The van der Waals surface area contributed by atoms with E-state index in [1.807, 2.05) is 31.2 Å². The lowest BCUT2D eigenvalue weighted by Crippen LogP contribution is -2.29. The fourth-order valence-electron chi connectivity index (χ4n) is 3.37. The normalized spacial score (nSPS) is 16.0. The van der Waals surface area contributed by atoms with Crippen LogP contribution in [0.5, 0.6) is 0 Å². The van der Waals surface area contributed by atoms with Crippen LogP contribution in [-0.2, 0) is 9.59 Å². The Kier molecular flexibility index (Phi) is 6.65. The van der Waals surface area contributed by atoms with Crippen LogP contribution in [0.15, 0.2) is 48.5 Å². The van der Waals surface area contributed by atoms with Crippen molar-refractivity contribution >= 4 is 29.1 Å². The second-order valence-electron chi connectivity index (χ2n) is 7.43. The van der Waals surface area contributed by atoms with Gasteiger partial charge in [-0.05, 0) is 49.2 Å². The van der Waals surface area contributed by atoms with Gasteiger partial charge in [-0.15, -0.1) is 0 Å². The molecule has 3 rings (SSSR count). The SMILES string of the molecule is CCCCN1C[C@@H](C(=O)Nc2ccc(C(=O)Nc3ccccc3C)cc2)CC1=O. The summed E-state index contributed by atoms with van der Waals surface area (Å²) in [6.45, 7) is 5.20. The number of benzene rings is 2. The number of likely N-dealkylation sites (tertiary alicyclic amines) is 1. The summed E-state index contributed by atoms with van der Waals surface area (Å²) in [6, 6.07) is 14.3. The first kappa shape index (κ1) is 20.6. The molecule has 29 heavy (non-hydrogen) atoms. The molecule has 0 bridgehead atoms. The highest BCUT2D eigenvalue weighted by atomic mass is 16.2. The Balaban J connectivity index is 1.56. The quantitative estimate of drug-likeness (QED) is 0.750. The molecule has 1 atom stereocenters. The zero-order valence-electron chi connectivity index (χ0n) is 16.9. The number of anilines is 2. The van der Waals surface area contributed by atoms with Crippen molar-refractivity contribution in [3.63, 3.8) is 0 Å². The van der Waals surface area contributed by atoms with Crippen molar-refractivity contribution in [2.24, 2.45) is 5.92 Å². The van der Waals surface area contributed by atoms with Crippen LogP contribution in [-0.4, -0.2) is 35.7 Å². The van der Waals surface area contributed by atoms with Gasteiger partial charge in [0, 0.05) is 36.4 Å². The summed E-state index contributed by atoms with van der Waals surface area (Å²) in [4.78, 5) is 38.7. The third kappa shape index (κ3) is 5.22. The second-order valence-corrected chi connectivity index (χ2v) is 7.43. The number of carbonyl (C=O) groups is 3. The Bertz CT molecular complexity index is 892. The molecule has 0 spiro atoms. The van der Waals surface area contributed by atoms with E-state index in [0.29, 0.717) is 24.3 Å². The molecule has 1 heterocycles. The monoisotopic (exact) mass is 393 g/mol. The molecule has 6 nitrogen and oxygen atoms in total. The summed E-state index contributed by atoms with van der Waals surface area (Å²) in [7, 11) is 0. The summed E-state index contributed by atoms with van der Waals surface area (Å²) >= 11 is 0. The molecule has 0 unspecified atom stereocenters. The second kappa shape index (κ2) is 9.37. The molecule has 1 saturated heterocycles. The first-order valence-corrected chi connectivity index (χ1v) is 10.0. The van der Waals surface area contributed by atoms with Crippen LogP contribution in [0.25, 0.3) is 0 Å². The van der Waals surface area contributed by atoms with E-state index in [4.69, 9.17) is 0 Å². The van der Waals surface area contributed by atoms with Crippen molar-refractivity contribution in [2.75, 3.05) is 23.7 Å². The zero-order valence-corrected chi connectivity index (χ0v) is 16.9. The molecule has 2 aromatic carbocycles. The Morgan fingerprint density at radius 2 is 1.79 bits per heavy atom. The van der Waals surface area contributed by atoms with Crippen LogP contribution >= 0.6 is 0 Å². The smallest absolute Gasteiger partial charge is 0.255 e. The van der Waals surface area contributed by atoms with E-state index < -0.39 is 0 Å². The highest BCUT2D eigenvalue weighted by Gasteiger charge is 2.33. The lowest BCUT2D eigenvalue weighted by atomic mass is 10.1. The van der Waals surface area contributed by atoms with Gasteiger partial charge in [0.2, 0.25) is 11.8 Å². The van der Waals surface area contributed by atoms with Gasteiger partial charge in [-0.2, -0.15) is 0 Å². The van der Waals surface area contributed by atoms with Crippen LogP contribution < -0.4 is 10.6 Å². The maximum Gasteiger partial charge on any atom is 0.255 e. The number of nitrogens with one attached hydrogen (secondary N) is 2. The van der Waals surface area contributed by atoms with Crippen LogP contribution in [0.2, 0.25) is 0 Å². The maximum absolute atomic E-state index is 12.5. The number of para-hydroxylation sites is 1. The fraction of sp³-hybridized carbons (Fsp3) is 0.348. The van der Waals surface area contributed by atoms with Crippen molar-refractivity contribution in [1.29, 1.82) is 0 Å². The minimum atomic E-state index is -0.330. The molecule has 1 aliphatic rings. The van der Waals surface area contributed by atoms with Crippen LogP contribution in [0.4, 0.5) is 11.4 Å². The van der Waals surface area contributed by atoms with Crippen molar-refractivity contribution in [3.8, 4) is 0 Å². The van der Waals surface area contributed by atoms with E-state index in [1.54, 1.807) is 29.2 Å². The predicted molar refractivity (Wildman–Crippen MR) is 114 cm³/mol. The molecular formula is C23H27N3O3. The summed E-state index contributed by atoms with van der Waals surface area (Å²) in [5.41, 5.74) is 2.88. The molecule has 0 saturated carbocycles. The number of nitrogens with zero attached hydrogens (tertiary/aromatic N) is 1. The molecule has 0 aromatic heterocycles. The molecule has 0 radical (unpaired) electrons. The van der Waals surface area contributed by atoms with Gasteiger partial charge in [-0.25, -0.2) is 0 Å². The van der Waals surface area contributed by atoms with E-state index in [0.717, 1.165) is 24.1 Å². The summed E-state index contributed by atoms with van der Waals surface area (Å²) < 4.78 is 0. The molecule has 2 aromatic rings. The molecule has 152 valence electrons. The van der Waals surface area contributed by atoms with Gasteiger partial charge >= 0.3 is 0 Å². The topological polar surface area (TPSA) is 78.5 Å². The third-order valence-corrected chi connectivity index (χ3v) is 5.17. The van der Waals surface area contributed by atoms with E-state index in [1.165, 1.54) is 0 Å². The van der Waals surface area contributed by atoms with Gasteiger partial charge in [-0.1, -0.05) is 31.5 Å². The van der Waals surface area contributed by atoms with Crippen molar-refractivity contribution in [3.05, 3.63) is 59.7 Å². The number of hydrogen-bond donors (Lipinski definition) is 2. The van der Waals surface area contributed by atoms with E-state index in [-0.39, 0.29) is 30.1 Å². The lowest BCUT2D eigenvalue weighted by molar-refractivity contribution is -0.128. The Labute approximate surface area is 171 Å². The predicted octanol–water partition coefficient (Wildman–Crippen LogP) is 3.83. The average molecular weight is 393 g/mol. The van der Waals surface area contributed by atoms with Gasteiger partial charge in [0.1, 0.15) is 0 Å². The number of carbonyl (C=O) groups excluding carboxylic acids is 3. The molecule has 0 aliphatic carbocycles. The van der Waals surface area contributed by atoms with Crippen LogP contribution in [0, 0.1) is 12.8 Å². The number of aryl methyl sites for hydroxylation is 1. The number of unbranched alkanes of at least 4 members (excludes halogenated alkanes) is 1. The fourth-order valence-corrected chi connectivity index (χ4v) is 3.37. The standard InChI is InChI=1S/C23H27N3O3/c1-3-4-13-26-15-18(14-21(26)27)23(29)24-19-11-9-17(10-12-19)22(28)25-20-8-6-5-7-16(20)2/h5-12,18H,3-4,13-15H2,1-2H3,(H,24,29)(H,25,28)/t18-/m0/s1. The van der Waals surface area contributed by atoms with Gasteiger partial charge in [0.15, 0.2) is 0 Å². The number of amides is 3. The molecule has 1 fully saturated rings. The molecular weight excluding hydrogens is 366 g/mol. The largest absolute Gasteiger partial charge is 0.342 e. The number of hydrogen-bond acceptors (Lipinski definition) is 3. The maximum atomic E-state index is 12.5.